The van der Waals surface area contributed by atoms with E-state index in [0.29, 0.717) is 5.56 Å². The summed E-state index contributed by atoms with van der Waals surface area (Å²) in [5.74, 6) is -2.14. The topological polar surface area (TPSA) is 124 Å². The highest BCUT2D eigenvalue weighted by Crippen LogP contribution is 2.15. The molecule has 0 bridgehead atoms. The van der Waals surface area contributed by atoms with Crippen molar-refractivity contribution in [3.05, 3.63) is 39.9 Å². The van der Waals surface area contributed by atoms with Crippen LogP contribution < -0.4 is 5.73 Å². The zero-order valence-corrected chi connectivity index (χ0v) is 9.62. The Labute approximate surface area is 102 Å². The molecule has 0 aromatic heterocycles. The van der Waals surface area contributed by atoms with Gasteiger partial charge in [-0.15, -0.1) is 0 Å². The van der Waals surface area contributed by atoms with E-state index in [0.717, 1.165) is 6.92 Å². The van der Waals surface area contributed by atoms with Gasteiger partial charge in [-0.3, -0.25) is 14.9 Å². The van der Waals surface area contributed by atoms with Crippen molar-refractivity contribution in [2.45, 2.75) is 18.9 Å². The van der Waals surface area contributed by atoms with Crippen molar-refractivity contribution in [2.75, 3.05) is 0 Å². The maximum absolute atomic E-state index is 11.7. The molecule has 1 aromatic rings. The van der Waals surface area contributed by atoms with Crippen LogP contribution in [0.3, 0.4) is 0 Å². The minimum absolute atomic E-state index is 0.158. The van der Waals surface area contributed by atoms with Gasteiger partial charge in [0.1, 0.15) is 0 Å². The minimum Gasteiger partial charge on any atom is -0.480 e. The molecular formula is C11H12N2O5. The maximum atomic E-state index is 11.7. The average molecular weight is 252 g/mol. The van der Waals surface area contributed by atoms with Crippen LogP contribution in [0.25, 0.3) is 0 Å². The van der Waals surface area contributed by atoms with Gasteiger partial charge in [0.2, 0.25) is 0 Å². The van der Waals surface area contributed by atoms with E-state index >= 15 is 0 Å². The van der Waals surface area contributed by atoms with E-state index < -0.39 is 22.2 Å². The number of carbonyl (C=O) groups excluding carboxylic acids is 1. The first-order chi connectivity index (χ1) is 8.25. The lowest BCUT2D eigenvalue weighted by Gasteiger charge is -2.17. The molecule has 0 saturated carbocycles. The third-order valence-electron chi connectivity index (χ3n) is 2.51. The quantitative estimate of drug-likeness (QED) is 0.447. The van der Waals surface area contributed by atoms with Crippen molar-refractivity contribution in [3.63, 3.8) is 0 Å². The number of nitro groups is 1. The summed E-state index contributed by atoms with van der Waals surface area (Å²) in [6.45, 7) is 1.09. The SMILES string of the molecule is CC(N)(C(=O)O)C(=O)Cc1cccc([N+](=O)[O-])c1. The van der Waals surface area contributed by atoms with Crippen molar-refractivity contribution in [1.29, 1.82) is 0 Å². The van der Waals surface area contributed by atoms with E-state index in [9.17, 15) is 19.7 Å². The van der Waals surface area contributed by atoms with Crippen LogP contribution in [-0.2, 0) is 16.0 Å². The third kappa shape index (κ3) is 2.89. The summed E-state index contributed by atoms with van der Waals surface area (Å²) in [6, 6.07) is 5.43. The van der Waals surface area contributed by atoms with Gasteiger partial charge >= 0.3 is 5.97 Å². The van der Waals surface area contributed by atoms with Gasteiger partial charge in [-0.25, -0.2) is 4.79 Å². The summed E-state index contributed by atoms with van der Waals surface area (Å²) in [5, 5.41) is 19.3. The summed E-state index contributed by atoms with van der Waals surface area (Å²) in [4.78, 5) is 32.4. The molecule has 0 heterocycles. The monoisotopic (exact) mass is 252 g/mol. The zero-order chi connectivity index (χ0) is 13.9. The van der Waals surface area contributed by atoms with Crippen LogP contribution >= 0.6 is 0 Å². The number of non-ortho nitro benzene ring substituents is 1. The number of ketones is 1. The molecule has 0 aliphatic rings. The Morgan fingerprint density at radius 3 is 2.61 bits per heavy atom. The van der Waals surface area contributed by atoms with Gasteiger partial charge in [0, 0.05) is 18.6 Å². The average Bonchev–Trinajstić information content (AvgIpc) is 2.28. The highest BCUT2D eigenvalue weighted by Gasteiger charge is 2.36. The predicted molar refractivity (Wildman–Crippen MR) is 62.0 cm³/mol. The largest absolute Gasteiger partial charge is 0.480 e. The molecule has 1 rings (SSSR count). The Bertz CT molecular complexity index is 510. The lowest BCUT2D eigenvalue weighted by Crippen LogP contribution is -2.52. The molecule has 7 nitrogen and oxygen atoms in total. The van der Waals surface area contributed by atoms with Crippen LogP contribution in [0.2, 0.25) is 0 Å². The van der Waals surface area contributed by atoms with E-state index in [1.807, 2.05) is 0 Å². The molecule has 0 aliphatic carbocycles. The summed E-state index contributed by atoms with van der Waals surface area (Å²) in [6.07, 6.45) is -0.263. The molecule has 0 radical (unpaired) electrons. The third-order valence-corrected chi connectivity index (χ3v) is 2.51. The lowest BCUT2D eigenvalue weighted by molar-refractivity contribution is -0.384. The molecule has 96 valence electrons. The van der Waals surface area contributed by atoms with E-state index in [-0.39, 0.29) is 12.1 Å². The molecule has 7 heteroatoms. The van der Waals surface area contributed by atoms with E-state index in [1.165, 1.54) is 24.3 Å². The molecule has 0 saturated heterocycles. The minimum atomic E-state index is -2.00. The first-order valence-electron chi connectivity index (χ1n) is 5.04. The number of Topliss-reactive ketones (excluding diaryl/α,β-unsaturated/α-hetero) is 1. The second-order valence-electron chi connectivity index (χ2n) is 4.03. The van der Waals surface area contributed by atoms with Gasteiger partial charge in [0.05, 0.1) is 4.92 Å². The number of nitrogens with two attached hydrogens (primary N) is 1. The fraction of sp³-hybridized carbons (Fsp3) is 0.273. The van der Waals surface area contributed by atoms with Crippen LogP contribution in [-0.4, -0.2) is 27.3 Å². The Kier molecular flexibility index (Phi) is 3.77. The Morgan fingerprint density at radius 2 is 2.11 bits per heavy atom. The van der Waals surface area contributed by atoms with Gasteiger partial charge < -0.3 is 10.8 Å². The fourth-order valence-electron chi connectivity index (χ4n) is 1.27. The van der Waals surface area contributed by atoms with Gasteiger partial charge in [-0.05, 0) is 12.5 Å². The van der Waals surface area contributed by atoms with Crippen LogP contribution in [0.1, 0.15) is 12.5 Å². The van der Waals surface area contributed by atoms with Crippen LogP contribution in [0, 0.1) is 10.1 Å². The van der Waals surface area contributed by atoms with Crippen molar-refractivity contribution in [1.82, 2.24) is 0 Å². The van der Waals surface area contributed by atoms with Crippen LogP contribution in [0.5, 0.6) is 0 Å². The van der Waals surface area contributed by atoms with Crippen molar-refractivity contribution in [2.24, 2.45) is 5.73 Å². The molecule has 0 spiro atoms. The summed E-state index contributed by atoms with van der Waals surface area (Å²) >= 11 is 0. The molecule has 0 fully saturated rings. The van der Waals surface area contributed by atoms with Gasteiger partial charge in [0.25, 0.3) is 5.69 Å². The predicted octanol–water partition coefficient (Wildman–Crippen LogP) is 0.508. The smallest absolute Gasteiger partial charge is 0.331 e. The number of carbonyl (C=O) groups is 2. The molecule has 18 heavy (non-hydrogen) atoms. The van der Waals surface area contributed by atoms with Gasteiger partial charge in [0.15, 0.2) is 11.3 Å². The van der Waals surface area contributed by atoms with Crippen LogP contribution in [0.4, 0.5) is 5.69 Å². The number of nitro benzene ring substituents is 1. The molecule has 1 atom stereocenters. The Balaban J connectivity index is 2.92. The highest BCUT2D eigenvalue weighted by atomic mass is 16.6. The number of nitrogens with zero attached hydrogens (tertiary/aromatic N) is 1. The molecule has 0 amide bonds. The second kappa shape index (κ2) is 4.92. The summed E-state index contributed by atoms with van der Waals surface area (Å²) in [7, 11) is 0. The first-order valence-corrected chi connectivity index (χ1v) is 5.04. The van der Waals surface area contributed by atoms with Crippen molar-refractivity contribution < 1.29 is 19.6 Å². The lowest BCUT2D eigenvalue weighted by atomic mass is 9.93. The molecule has 0 aliphatic heterocycles. The molecular weight excluding hydrogens is 240 g/mol. The highest BCUT2D eigenvalue weighted by molar-refractivity contribution is 6.07. The Morgan fingerprint density at radius 1 is 1.50 bits per heavy atom. The number of rotatable bonds is 5. The normalized spacial score (nSPS) is 13.7. The van der Waals surface area contributed by atoms with E-state index in [4.69, 9.17) is 10.8 Å². The molecule has 1 unspecified atom stereocenters. The summed E-state index contributed by atoms with van der Waals surface area (Å²) in [5.41, 5.74) is 3.57. The number of hydrogen-bond acceptors (Lipinski definition) is 5. The van der Waals surface area contributed by atoms with Crippen LogP contribution in [0.15, 0.2) is 24.3 Å². The van der Waals surface area contributed by atoms with E-state index in [2.05, 4.69) is 0 Å². The number of carboxylic acids is 1. The standard InChI is InChI=1S/C11H12N2O5/c1-11(12,10(15)16)9(14)6-7-3-2-4-8(5-7)13(17)18/h2-5H,6,12H2,1H3,(H,15,16). The number of carboxylic acid groups (broad SMARTS) is 1. The first kappa shape index (κ1) is 13.8. The van der Waals surface area contributed by atoms with Gasteiger partial charge in [-0.2, -0.15) is 0 Å². The number of benzene rings is 1. The zero-order valence-electron chi connectivity index (χ0n) is 9.62. The van der Waals surface area contributed by atoms with E-state index in [1.54, 1.807) is 0 Å². The number of aliphatic carboxylic acids is 1. The fourth-order valence-corrected chi connectivity index (χ4v) is 1.27. The molecule has 3 N–H and O–H groups in total. The Hall–Kier alpha value is -2.28. The van der Waals surface area contributed by atoms with Gasteiger partial charge in [-0.1, -0.05) is 12.1 Å². The molecule has 1 aromatic carbocycles. The van der Waals surface area contributed by atoms with Crippen molar-refractivity contribution >= 4 is 17.4 Å². The second-order valence-corrected chi connectivity index (χ2v) is 4.03. The van der Waals surface area contributed by atoms with Crippen molar-refractivity contribution in [3.8, 4) is 0 Å². The maximum Gasteiger partial charge on any atom is 0.331 e. The summed E-state index contributed by atoms with van der Waals surface area (Å²) < 4.78 is 0. The number of hydrogen-bond donors (Lipinski definition) is 2.